The molecule has 0 aliphatic carbocycles. The molecule has 0 heterocycles. The van der Waals surface area contributed by atoms with Crippen molar-refractivity contribution in [2.75, 3.05) is 5.73 Å². The van der Waals surface area contributed by atoms with Crippen LogP contribution in [-0.2, 0) is 0 Å². The quantitative estimate of drug-likeness (QED) is 0.725. The number of aromatic hydroxyl groups is 1. The summed E-state index contributed by atoms with van der Waals surface area (Å²) < 4.78 is 38.9. The minimum atomic E-state index is -4.87. The fraction of sp³-hybridized carbons (Fsp3) is 0.143. The van der Waals surface area contributed by atoms with Crippen LogP contribution in [0.15, 0.2) is 12.1 Å². The molecular formula is C7H5ClF3NO2. The van der Waals surface area contributed by atoms with Gasteiger partial charge in [0.2, 0.25) is 0 Å². The lowest BCUT2D eigenvalue weighted by Gasteiger charge is -2.11. The molecule has 0 bridgehead atoms. The molecule has 0 radical (unpaired) electrons. The molecule has 0 saturated carbocycles. The van der Waals surface area contributed by atoms with Crippen LogP contribution in [0, 0.1) is 0 Å². The Balaban J connectivity index is 3.09. The van der Waals surface area contributed by atoms with Crippen LogP contribution in [0.4, 0.5) is 18.9 Å². The number of hydrogen-bond donors (Lipinski definition) is 2. The second-order valence-corrected chi connectivity index (χ2v) is 2.78. The molecule has 14 heavy (non-hydrogen) atoms. The molecule has 0 unspecified atom stereocenters. The molecule has 7 heteroatoms. The fourth-order valence-electron chi connectivity index (χ4n) is 0.803. The van der Waals surface area contributed by atoms with E-state index in [9.17, 15) is 13.2 Å². The van der Waals surface area contributed by atoms with Crippen molar-refractivity contribution in [1.82, 2.24) is 0 Å². The number of nitrogen functional groups attached to an aromatic ring is 1. The van der Waals surface area contributed by atoms with Crippen LogP contribution >= 0.6 is 11.6 Å². The average Bonchev–Trinajstić information content (AvgIpc) is 1.96. The zero-order valence-electron chi connectivity index (χ0n) is 6.60. The Kier molecular flexibility index (Phi) is 2.66. The van der Waals surface area contributed by atoms with E-state index in [0.717, 1.165) is 12.1 Å². The Bertz CT molecular complexity index is 354. The van der Waals surface area contributed by atoms with E-state index in [-0.39, 0.29) is 5.69 Å². The molecule has 0 saturated heterocycles. The molecule has 0 aromatic heterocycles. The van der Waals surface area contributed by atoms with E-state index in [2.05, 4.69) is 4.74 Å². The molecule has 0 aliphatic heterocycles. The maximum Gasteiger partial charge on any atom is 0.573 e. The topological polar surface area (TPSA) is 55.5 Å². The van der Waals surface area contributed by atoms with Gasteiger partial charge in [0, 0.05) is 17.8 Å². The van der Waals surface area contributed by atoms with Gasteiger partial charge in [0.05, 0.1) is 0 Å². The number of phenols is 1. The van der Waals surface area contributed by atoms with Crippen LogP contribution in [0.25, 0.3) is 0 Å². The predicted octanol–water partition coefficient (Wildman–Crippen LogP) is 2.53. The number of anilines is 1. The first-order chi connectivity index (χ1) is 6.29. The van der Waals surface area contributed by atoms with E-state index in [4.69, 9.17) is 22.4 Å². The Hall–Kier alpha value is -1.30. The van der Waals surface area contributed by atoms with Crippen molar-refractivity contribution in [1.29, 1.82) is 0 Å². The van der Waals surface area contributed by atoms with Crippen molar-refractivity contribution in [3.8, 4) is 11.5 Å². The SMILES string of the molecule is Nc1cc(O)c(Cl)c(OC(F)(F)F)c1. The number of benzene rings is 1. The van der Waals surface area contributed by atoms with Gasteiger partial charge in [-0.1, -0.05) is 11.6 Å². The van der Waals surface area contributed by atoms with Crippen LogP contribution in [0.1, 0.15) is 0 Å². The van der Waals surface area contributed by atoms with Gasteiger partial charge in [-0.3, -0.25) is 0 Å². The fourth-order valence-corrected chi connectivity index (χ4v) is 0.950. The van der Waals surface area contributed by atoms with Gasteiger partial charge in [-0.15, -0.1) is 13.2 Å². The number of rotatable bonds is 1. The van der Waals surface area contributed by atoms with Crippen LogP contribution in [0.2, 0.25) is 5.02 Å². The first kappa shape index (κ1) is 10.8. The number of nitrogens with two attached hydrogens (primary N) is 1. The number of hydrogen-bond acceptors (Lipinski definition) is 3. The monoisotopic (exact) mass is 227 g/mol. The lowest BCUT2D eigenvalue weighted by atomic mass is 10.3. The molecule has 3 nitrogen and oxygen atoms in total. The second kappa shape index (κ2) is 3.45. The first-order valence-corrected chi connectivity index (χ1v) is 3.71. The zero-order valence-corrected chi connectivity index (χ0v) is 7.36. The van der Waals surface area contributed by atoms with Crippen molar-refractivity contribution < 1.29 is 23.0 Å². The van der Waals surface area contributed by atoms with E-state index in [1.807, 2.05) is 0 Å². The summed E-state index contributed by atoms with van der Waals surface area (Å²) in [6.45, 7) is 0. The van der Waals surface area contributed by atoms with Crippen LogP contribution in [0.3, 0.4) is 0 Å². The summed E-state index contributed by atoms with van der Waals surface area (Å²) in [5, 5.41) is 8.49. The normalized spacial score (nSPS) is 11.4. The number of alkyl halides is 3. The summed E-state index contributed by atoms with van der Waals surface area (Å²) in [5.41, 5.74) is 5.10. The lowest BCUT2D eigenvalue weighted by molar-refractivity contribution is -0.274. The molecule has 3 N–H and O–H groups in total. The Labute approximate surface area is 81.8 Å². The maximum absolute atomic E-state index is 11.8. The van der Waals surface area contributed by atoms with Gasteiger partial charge in [0.1, 0.15) is 10.8 Å². The van der Waals surface area contributed by atoms with Gasteiger partial charge in [-0.2, -0.15) is 0 Å². The van der Waals surface area contributed by atoms with Gasteiger partial charge >= 0.3 is 6.36 Å². The average molecular weight is 228 g/mol. The summed E-state index contributed by atoms with van der Waals surface area (Å²) in [6, 6.07) is 1.89. The predicted molar refractivity (Wildman–Crippen MR) is 44.2 cm³/mol. The second-order valence-electron chi connectivity index (χ2n) is 2.40. The largest absolute Gasteiger partial charge is 0.573 e. The van der Waals surface area contributed by atoms with Gasteiger partial charge in [-0.05, 0) is 0 Å². The third-order valence-corrected chi connectivity index (χ3v) is 1.65. The summed E-state index contributed by atoms with van der Waals surface area (Å²) in [4.78, 5) is 0. The lowest BCUT2D eigenvalue weighted by Crippen LogP contribution is -2.17. The highest BCUT2D eigenvalue weighted by molar-refractivity contribution is 6.33. The van der Waals surface area contributed by atoms with Gasteiger partial charge < -0.3 is 15.6 Å². The molecule has 1 aromatic rings. The molecule has 1 rings (SSSR count). The molecule has 0 aliphatic rings. The minimum absolute atomic E-state index is 0.0776. The van der Waals surface area contributed by atoms with Crippen molar-refractivity contribution in [2.45, 2.75) is 6.36 Å². The zero-order chi connectivity index (χ0) is 10.9. The summed E-state index contributed by atoms with van der Waals surface area (Å²) >= 11 is 5.34. The molecular weight excluding hydrogens is 223 g/mol. The highest BCUT2D eigenvalue weighted by Crippen LogP contribution is 2.38. The number of halogens is 4. The van der Waals surface area contributed by atoms with E-state index < -0.39 is 22.9 Å². The Morgan fingerprint density at radius 1 is 1.36 bits per heavy atom. The molecule has 0 amide bonds. The van der Waals surface area contributed by atoms with Crippen LogP contribution in [-0.4, -0.2) is 11.5 Å². The highest BCUT2D eigenvalue weighted by atomic mass is 35.5. The summed E-state index contributed by atoms with van der Waals surface area (Å²) in [6.07, 6.45) is -4.87. The number of ether oxygens (including phenoxy) is 1. The van der Waals surface area contributed by atoms with Crippen LogP contribution < -0.4 is 10.5 Å². The third kappa shape index (κ3) is 2.59. The standard InChI is InChI=1S/C7H5ClF3NO2/c8-6-4(13)1-3(12)2-5(6)14-7(9,10)11/h1-2,13H,12H2. The molecule has 0 atom stereocenters. The maximum atomic E-state index is 11.8. The smallest absolute Gasteiger partial charge is 0.506 e. The number of phenolic OH excluding ortho intramolecular Hbond substituents is 1. The van der Waals surface area contributed by atoms with E-state index in [1.165, 1.54) is 0 Å². The van der Waals surface area contributed by atoms with Gasteiger partial charge in [0.25, 0.3) is 0 Å². The van der Waals surface area contributed by atoms with Crippen molar-refractivity contribution in [2.24, 2.45) is 0 Å². The Morgan fingerprint density at radius 2 is 1.93 bits per heavy atom. The summed E-state index contributed by atoms with van der Waals surface area (Å²) in [7, 11) is 0. The Morgan fingerprint density at radius 3 is 2.43 bits per heavy atom. The molecule has 1 aromatic carbocycles. The van der Waals surface area contributed by atoms with Gasteiger partial charge in [0.15, 0.2) is 5.75 Å². The minimum Gasteiger partial charge on any atom is -0.506 e. The van der Waals surface area contributed by atoms with Crippen molar-refractivity contribution in [3.63, 3.8) is 0 Å². The molecule has 0 fully saturated rings. The first-order valence-electron chi connectivity index (χ1n) is 3.33. The third-order valence-electron chi connectivity index (χ3n) is 1.27. The molecule has 0 spiro atoms. The summed E-state index contributed by atoms with van der Waals surface area (Å²) in [5.74, 6) is -1.29. The van der Waals surface area contributed by atoms with Gasteiger partial charge in [-0.25, -0.2) is 0 Å². The van der Waals surface area contributed by atoms with Crippen molar-refractivity contribution >= 4 is 17.3 Å². The van der Waals surface area contributed by atoms with Crippen molar-refractivity contribution in [3.05, 3.63) is 17.2 Å². The van der Waals surface area contributed by atoms with E-state index >= 15 is 0 Å². The van der Waals surface area contributed by atoms with E-state index in [1.54, 1.807) is 0 Å². The van der Waals surface area contributed by atoms with Crippen LogP contribution in [0.5, 0.6) is 11.5 Å². The highest BCUT2D eigenvalue weighted by Gasteiger charge is 2.32. The van der Waals surface area contributed by atoms with E-state index in [0.29, 0.717) is 0 Å². The molecule has 78 valence electrons.